The molecule has 1 N–H and O–H groups in total. The van der Waals surface area contributed by atoms with Crippen LogP contribution in [0.3, 0.4) is 0 Å². The van der Waals surface area contributed by atoms with E-state index in [0.717, 1.165) is 6.42 Å². The van der Waals surface area contributed by atoms with Gasteiger partial charge in [-0.2, -0.15) is 0 Å². The van der Waals surface area contributed by atoms with Crippen LogP contribution >= 0.6 is 0 Å². The number of allylic oxidation sites excluding steroid dienone is 1. The maximum Gasteiger partial charge on any atom is 0.0608 e. The molecule has 0 unspecified atom stereocenters. The first-order valence-corrected chi connectivity index (χ1v) is 4.53. The minimum absolute atomic E-state index is 0.263. The highest BCUT2D eigenvalue weighted by Crippen LogP contribution is 2.21. The highest BCUT2D eigenvalue weighted by atomic mass is 16.3. The van der Waals surface area contributed by atoms with Gasteiger partial charge in [0.2, 0.25) is 0 Å². The predicted molar refractivity (Wildman–Crippen MR) is 54.0 cm³/mol. The molecule has 0 aromatic rings. The molecule has 12 heavy (non-hydrogen) atoms. The fraction of sp³-hybridized carbons (Fsp3) is 0.636. The summed E-state index contributed by atoms with van der Waals surface area (Å²) in [5.74, 6) is 0.818. The lowest BCUT2D eigenvalue weighted by atomic mass is 9.86. The van der Waals surface area contributed by atoms with Crippen molar-refractivity contribution in [2.24, 2.45) is 11.8 Å². The number of hydrogen-bond donors (Lipinski definition) is 1. The molecule has 0 aliphatic carbocycles. The van der Waals surface area contributed by atoms with Gasteiger partial charge >= 0.3 is 0 Å². The first-order valence-electron chi connectivity index (χ1n) is 4.53. The molecule has 0 saturated carbocycles. The Hall–Kier alpha value is -0.560. The van der Waals surface area contributed by atoms with Gasteiger partial charge in [0.05, 0.1) is 6.10 Å². The summed E-state index contributed by atoms with van der Waals surface area (Å²) in [4.78, 5) is 0. The maximum atomic E-state index is 9.69. The molecule has 1 heteroatoms. The fourth-order valence-electron chi connectivity index (χ4n) is 1.41. The second-order valence-corrected chi connectivity index (χ2v) is 3.52. The minimum atomic E-state index is -0.263. The van der Waals surface area contributed by atoms with Gasteiger partial charge < -0.3 is 5.11 Å². The van der Waals surface area contributed by atoms with Crippen molar-refractivity contribution in [3.8, 4) is 0 Å². The van der Waals surface area contributed by atoms with E-state index >= 15 is 0 Å². The Morgan fingerprint density at radius 3 is 2.00 bits per heavy atom. The summed E-state index contributed by atoms with van der Waals surface area (Å²) in [6, 6.07) is 0. The second kappa shape index (κ2) is 6.01. The van der Waals surface area contributed by atoms with Crippen molar-refractivity contribution in [1.29, 1.82) is 0 Å². The molecule has 0 radical (unpaired) electrons. The first-order chi connectivity index (χ1) is 5.63. The third-order valence-corrected chi connectivity index (χ3v) is 2.20. The average molecular weight is 168 g/mol. The second-order valence-electron chi connectivity index (χ2n) is 3.52. The first kappa shape index (κ1) is 11.4. The fourth-order valence-corrected chi connectivity index (χ4v) is 1.41. The minimum Gasteiger partial charge on any atom is -0.392 e. The lowest BCUT2D eigenvalue weighted by Gasteiger charge is -2.24. The summed E-state index contributed by atoms with van der Waals surface area (Å²) < 4.78 is 0. The quantitative estimate of drug-likeness (QED) is 0.605. The Balaban J connectivity index is 4.07. The highest BCUT2D eigenvalue weighted by Gasteiger charge is 2.19. The van der Waals surface area contributed by atoms with E-state index < -0.39 is 0 Å². The van der Waals surface area contributed by atoms with Gasteiger partial charge in [-0.15, -0.1) is 13.2 Å². The van der Waals surface area contributed by atoms with Crippen molar-refractivity contribution in [3.05, 3.63) is 25.3 Å². The van der Waals surface area contributed by atoms with Crippen molar-refractivity contribution >= 4 is 0 Å². The lowest BCUT2D eigenvalue weighted by Crippen LogP contribution is -2.24. The average Bonchev–Trinajstić information content (AvgIpc) is 1.99. The zero-order valence-electron chi connectivity index (χ0n) is 8.16. The van der Waals surface area contributed by atoms with Crippen LogP contribution in [0.2, 0.25) is 0 Å². The molecule has 2 atom stereocenters. The molecule has 0 aromatic heterocycles. The molecule has 0 spiro atoms. The predicted octanol–water partition coefficient (Wildman–Crippen LogP) is 2.77. The Kier molecular flexibility index (Phi) is 5.73. The summed E-state index contributed by atoms with van der Waals surface area (Å²) in [5.41, 5.74) is 0. The van der Waals surface area contributed by atoms with E-state index in [-0.39, 0.29) is 6.10 Å². The van der Waals surface area contributed by atoms with Crippen molar-refractivity contribution in [2.45, 2.75) is 32.8 Å². The SMILES string of the molecule is C=CC[C@H](O)[C@@H](CC=C)C(C)C. The lowest BCUT2D eigenvalue weighted by molar-refractivity contribution is 0.0855. The molecule has 0 heterocycles. The van der Waals surface area contributed by atoms with Gasteiger partial charge in [0.15, 0.2) is 0 Å². The smallest absolute Gasteiger partial charge is 0.0608 e. The number of hydrogen-bond acceptors (Lipinski definition) is 1. The molecule has 0 bridgehead atoms. The Morgan fingerprint density at radius 2 is 1.67 bits per heavy atom. The molecular weight excluding hydrogens is 148 g/mol. The molecule has 1 nitrogen and oxygen atoms in total. The summed E-state index contributed by atoms with van der Waals surface area (Å²) in [6.07, 6.45) is 4.93. The van der Waals surface area contributed by atoms with Gasteiger partial charge in [-0.1, -0.05) is 26.0 Å². The molecule has 0 saturated heterocycles. The van der Waals surface area contributed by atoms with E-state index in [4.69, 9.17) is 0 Å². The zero-order chi connectivity index (χ0) is 9.56. The van der Waals surface area contributed by atoms with Crippen LogP contribution in [-0.4, -0.2) is 11.2 Å². The van der Waals surface area contributed by atoms with Crippen LogP contribution in [0.4, 0.5) is 0 Å². The largest absolute Gasteiger partial charge is 0.392 e. The van der Waals surface area contributed by atoms with Crippen LogP contribution in [0, 0.1) is 11.8 Å². The molecular formula is C11H20O. The van der Waals surface area contributed by atoms with Crippen LogP contribution in [-0.2, 0) is 0 Å². The van der Waals surface area contributed by atoms with Gasteiger partial charge in [0, 0.05) is 0 Å². The summed E-state index contributed by atoms with van der Waals surface area (Å²) in [6.45, 7) is 11.6. The molecule has 0 aliphatic rings. The normalized spacial score (nSPS) is 15.7. The van der Waals surface area contributed by atoms with Gasteiger partial charge in [0.1, 0.15) is 0 Å². The van der Waals surface area contributed by atoms with Crippen molar-refractivity contribution in [3.63, 3.8) is 0 Å². The van der Waals surface area contributed by atoms with E-state index in [1.165, 1.54) is 0 Å². The Bertz CT molecular complexity index is 138. The van der Waals surface area contributed by atoms with Crippen LogP contribution in [0.1, 0.15) is 26.7 Å². The van der Waals surface area contributed by atoms with E-state index in [1.807, 2.05) is 6.08 Å². The molecule has 0 aliphatic heterocycles. The van der Waals surface area contributed by atoms with E-state index in [9.17, 15) is 5.11 Å². The maximum absolute atomic E-state index is 9.69. The number of aliphatic hydroxyl groups excluding tert-OH is 1. The van der Waals surface area contributed by atoms with Crippen LogP contribution in [0.5, 0.6) is 0 Å². The third-order valence-electron chi connectivity index (χ3n) is 2.20. The monoisotopic (exact) mass is 168 g/mol. The van der Waals surface area contributed by atoms with Crippen molar-refractivity contribution in [1.82, 2.24) is 0 Å². The van der Waals surface area contributed by atoms with Crippen molar-refractivity contribution in [2.75, 3.05) is 0 Å². The van der Waals surface area contributed by atoms with Crippen LogP contribution < -0.4 is 0 Å². The van der Waals surface area contributed by atoms with E-state index in [1.54, 1.807) is 6.08 Å². The van der Waals surface area contributed by atoms with Gasteiger partial charge in [-0.05, 0) is 24.7 Å². The Morgan fingerprint density at radius 1 is 1.17 bits per heavy atom. The van der Waals surface area contributed by atoms with Gasteiger partial charge in [-0.25, -0.2) is 0 Å². The molecule has 0 aromatic carbocycles. The summed E-state index contributed by atoms with van der Waals surface area (Å²) >= 11 is 0. The third kappa shape index (κ3) is 3.72. The van der Waals surface area contributed by atoms with Gasteiger partial charge in [-0.3, -0.25) is 0 Å². The highest BCUT2D eigenvalue weighted by molar-refractivity contribution is 4.84. The van der Waals surface area contributed by atoms with Crippen LogP contribution in [0.25, 0.3) is 0 Å². The summed E-state index contributed by atoms with van der Waals surface area (Å²) in [5, 5.41) is 9.69. The van der Waals surface area contributed by atoms with E-state index in [0.29, 0.717) is 18.3 Å². The zero-order valence-corrected chi connectivity index (χ0v) is 8.16. The van der Waals surface area contributed by atoms with Crippen LogP contribution in [0.15, 0.2) is 25.3 Å². The topological polar surface area (TPSA) is 20.2 Å². The number of rotatable bonds is 6. The molecule has 0 fully saturated rings. The number of aliphatic hydroxyl groups is 1. The van der Waals surface area contributed by atoms with Gasteiger partial charge in [0.25, 0.3) is 0 Å². The van der Waals surface area contributed by atoms with E-state index in [2.05, 4.69) is 27.0 Å². The molecule has 0 rings (SSSR count). The standard InChI is InChI=1S/C11H20O/c1-5-7-10(9(3)4)11(12)8-6-2/h5-6,9-12H,1-2,7-8H2,3-4H3/t10-,11-/m0/s1. The van der Waals surface area contributed by atoms with Crippen molar-refractivity contribution < 1.29 is 5.11 Å². The summed E-state index contributed by atoms with van der Waals surface area (Å²) in [7, 11) is 0. The molecule has 0 amide bonds. The molecule has 70 valence electrons. The Labute approximate surface area is 75.8 Å².